The highest BCUT2D eigenvalue weighted by atomic mass is 16.6. The summed E-state index contributed by atoms with van der Waals surface area (Å²) in [6, 6.07) is 38.8. The number of benzene rings is 4. The zero-order valence-corrected chi connectivity index (χ0v) is 21.2. The number of rotatable bonds is 12. The van der Waals surface area contributed by atoms with Crippen molar-refractivity contribution < 1.29 is 14.2 Å². The van der Waals surface area contributed by atoms with E-state index in [1.807, 2.05) is 0 Å². The summed E-state index contributed by atoms with van der Waals surface area (Å²) in [5.74, 6) is 0. The molecule has 37 heavy (non-hydrogen) atoms. The third-order valence-electron chi connectivity index (χ3n) is 7.46. The molecule has 4 unspecified atom stereocenters. The van der Waals surface area contributed by atoms with Crippen molar-refractivity contribution in [3.63, 3.8) is 0 Å². The highest BCUT2D eigenvalue weighted by molar-refractivity contribution is 5.35. The van der Waals surface area contributed by atoms with Crippen LogP contribution in [0, 0.1) is 0 Å². The zero-order chi connectivity index (χ0) is 24.9. The summed E-state index contributed by atoms with van der Waals surface area (Å²) in [4.78, 5) is 0. The van der Waals surface area contributed by atoms with Gasteiger partial charge in [-0.25, -0.2) is 0 Å². The molecular formula is C34H34O3. The van der Waals surface area contributed by atoms with Crippen LogP contribution in [0.4, 0.5) is 0 Å². The van der Waals surface area contributed by atoms with Crippen molar-refractivity contribution in [2.45, 2.75) is 50.1 Å². The van der Waals surface area contributed by atoms with Crippen molar-refractivity contribution in [2.24, 2.45) is 0 Å². The summed E-state index contributed by atoms with van der Waals surface area (Å²) in [5, 5.41) is 0. The van der Waals surface area contributed by atoms with Gasteiger partial charge in [0.2, 0.25) is 0 Å². The molecule has 3 heteroatoms. The molecular weight excluding hydrogens is 456 g/mol. The maximum absolute atomic E-state index is 7.01. The Kier molecular flexibility index (Phi) is 7.45. The van der Waals surface area contributed by atoms with Gasteiger partial charge in [-0.1, -0.05) is 109 Å². The molecule has 2 fully saturated rings. The van der Waals surface area contributed by atoms with Crippen molar-refractivity contribution in [3.8, 4) is 0 Å². The average Bonchev–Trinajstić information content (AvgIpc) is 3.88. The first-order valence-corrected chi connectivity index (χ1v) is 13.5. The van der Waals surface area contributed by atoms with Gasteiger partial charge in [-0.3, -0.25) is 0 Å². The Labute approximate surface area is 220 Å². The molecule has 4 aromatic carbocycles. The third-order valence-corrected chi connectivity index (χ3v) is 7.46. The summed E-state index contributed by atoms with van der Waals surface area (Å²) in [6.07, 6.45) is 3.94. The van der Waals surface area contributed by atoms with E-state index >= 15 is 0 Å². The molecule has 4 atom stereocenters. The third kappa shape index (κ3) is 6.19. The Hall–Kier alpha value is -3.24. The van der Waals surface area contributed by atoms with E-state index in [0.717, 1.165) is 38.9 Å². The lowest BCUT2D eigenvalue weighted by Crippen LogP contribution is -2.21. The zero-order valence-electron chi connectivity index (χ0n) is 21.2. The van der Waals surface area contributed by atoms with E-state index in [1.165, 1.54) is 33.4 Å². The number of epoxide rings is 2. The van der Waals surface area contributed by atoms with Crippen molar-refractivity contribution in [2.75, 3.05) is 13.2 Å². The maximum atomic E-state index is 7.01. The first-order valence-electron chi connectivity index (χ1n) is 13.5. The van der Waals surface area contributed by atoms with Crippen LogP contribution in [0.25, 0.3) is 0 Å². The van der Waals surface area contributed by atoms with E-state index < -0.39 is 0 Å². The second-order valence-electron chi connectivity index (χ2n) is 10.1. The summed E-state index contributed by atoms with van der Waals surface area (Å²) in [6.45, 7) is 1.48. The molecule has 4 aromatic rings. The van der Waals surface area contributed by atoms with Crippen LogP contribution >= 0.6 is 0 Å². The van der Waals surface area contributed by atoms with Crippen LogP contribution in [0.2, 0.25) is 0 Å². The standard InChI is InChI=1S/C34H34O3/c1-3-11-25(12-4-1)19-21-27-15-7-9-17-29(27)33(31-23-35-31)37-34(32-24-36-32)30-18-10-8-16-28(30)22-20-26-13-5-2-6-14-26/h1-18,31-34H,19-24H2. The Morgan fingerprint density at radius 2 is 0.892 bits per heavy atom. The van der Waals surface area contributed by atoms with Crippen LogP contribution in [0.3, 0.4) is 0 Å². The molecule has 0 aliphatic carbocycles. The predicted octanol–water partition coefficient (Wildman–Crippen LogP) is 6.85. The summed E-state index contributed by atoms with van der Waals surface area (Å²) < 4.78 is 18.7. The molecule has 188 valence electrons. The van der Waals surface area contributed by atoms with Crippen LogP contribution in [0.1, 0.15) is 45.6 Å². The lowest BCUT2D eigenvalue weighted by atomic mass is 9.93. The fourth-order valence-corrected chi connectivity index (χ4v) is 5.27. The lowest BCUT2D eigenvalue weighted by Gasteiger charge is -2.27. The molecule has 2 saturated heterocycles. The normalized spacial score (nSPS) is 19.8. The van der Waals surface area contributed by atoms with Gasteiger partial charge in [0.25, 0.3) is 0 Å². The van der Waals surface area contributed by atoms with Gasteiger partial charge >= 0.3 is 0 Å². The first kappa shape index (κ1) is 24.1. The molecule has 2 aliphatic rings. The summed E-state index contributed by atoms with van der Waals surface area (Å²) >= 11 is 0. The van der Waals surface area contributed by atoms with Crippen molar-refractivity contribution in [1.29, 1.82) is 0 Å². The monoisotopic (exact) mass is 490 g/mol. The molecule has 0 bridgehead atoms. The molecule has 0 N–H and O–H groups in total. The molecule has 0 spiro atoms. The first-order chi connectivity index (χ1) is 18.3. The van der Waals surface area contributed by atoms with Crippen LogP contribution in [-0.2, 0) is 39.9 Å². The van der Waals surface area contributed by atoms with Gasteiger partial charge in [-0.05, 0) is 59.1 Å². The Morgan fingerprint density at radius 1 is 0.514 bits per heavy atom. The quantitative estimate of drug-likeness (QED) is 0.204. The second kappa shape index (κ2) is 11.4. The van der Waals surface area contributed by atoms with Gasteiger partial charge in [0, 0.05) is 0 Å². The van der Waals surface area contributed by atoms with E-state index in [4.69, 9.17) is 14.2 Å². The second-order valence-corrected chi connectivity index (χ2v) is 10.1. The smallest absolute Gasteiger partial charge is 0.112 e. The lowest BCUT2D eigenvalue weighted by molar-refractivity contribution is -0.0426. The fraction of sp³-hybridized carbons (Fsp3) is 0.294. The number of hydrogen-bond donors (Lipinski definition) is 0. The highest BCUT2D eigenvalue weighted by Gasteiger charge is 2.43. The largest absolute Gasteiger partial charge is 0.370 e. The van der Waals surface area contributed by atoms with Crippen LogP contribution in [0.5, 0.6) is 0 Å². The average molecular weight is 491 g/mol. The van der Waals surface area contributed by atoms with Gasteiger partial charge in [-0.2, -0.15) is 0 Å². The molecule has 0 amide bonds. The SMILES string of the molecule is c1ccc(CCc2ccccc2C(OC(c2ccccc2CCc2ccccc2)C2CO2)C2CO2)cc1. The number of aryl methyl sites for hydroxylation is 4. The van der Waals surface area contributed by atoms with Crippen molar-refractivity contribution in [3.05, 3.63) is 143 Å². The molecule has 0 aromatic heterocycles. The molecule has 3 nitrogen and oxygen atoms in total. The maximum Gasteiger partial charge on any atom is 0.112 e. The summed E-state index contributed by atoms with van der Waals surface area (Å²) in [7, 11) is 0. The van der Waals surface area contributed by atoms with Gasteiger partial charge in [-0.15, -0.1) is 0 Å². The highest BCUT2D eigenvalue weighted by Crippen LogP contribution is 2.42. The topological polar surface area (TPSA) is 34.3 Å². The van der Waals surface area contributed by atoms with E-state index in [-0.39, 0.29) is 24.4 Å². The fourth-order valence-electron chi connectivity index (χ4n) is 5.27. The molecule has 0 saturated carbocycles. The Balaban J connectivity index is 1.24. The van der Waals surface area contributed by atoms with Crippen LogP contribution < -0.4 is 0 Å². The van der Waals surface area contributed by atoms with E-state index in [0.29, 0.717) is 0 Å². The minimum atomic E-state index is -0.108. The molecule has 2 aliphatic heterocycles. The minimum Gasteiger partial charge on any atom is -0.370 e. The minimum absolute atomic E-state index is 0.0932. The molecule has 6 rings (SSSR count). The Bertz CT molecular complexity index is 1180. The van der Waals surface area contributed by atoms with Gasteiger partial charge in [0.15, 0.2) is 0 Å². The van der Waals surface area contributed by atoms with E-state index in [9.17, 15) is 0 Å². The summed E-state index contributed by atoms with van der Waals surface area (Å²) in [5.41, 5.74) is 7.86. The predicted molar refractivity (Wildman–Crippen MR) is 147 cm³/mol. The number of hydrogen-bond acceptors (Lipinski definition) is 3. The number of ether oxygens (including phenoxy) is 3. The van der Waals surface area contributed by atoms with Crippen molar-refractivity contribution in [1.82, 2.24) is 0 Å². The van der Waals surface area contributed by atoms with Crippen LogP contribution in [0.15, 0.2) is 109 Å². The van der Waals surface area contributed by atoms with E-state index in [1.54, 1.807) is 0 Å². The molecule has 2 heterocycles. The van der Waals surface area contributed by atoms with Gasteiger partial charge in [0.1, 0.15) is 24.4 Å². The van der Waals surface area contributed by atoms with Gasteiger partial charge < -0.3 is 14.2 Å². The van der Waals surface area contributed by atoms with E-state index in [2.05, 4.69) is 109 Å². The van der Waals surface area contributed by atoms with Crippen LogP contribution in [-0.4, -0.2) is 25.4 Å². The van der Waals surface area contributed by atoms with Gasteiger partial charge in [0.05, 0.1) is 13.2 Å². The molecule has 0 radical (unpaired) electrons. The Morgan fingerprint density at radius 3 is 1.30 bits per heavy atom. The van der Waals surface area contributed by atoms with Crippen molar-refractivity contribution >= 4 is 0 Å².